The summed E-state index contributed by atoms with van der Waals surface area (Å²) in [5, 5.41) is 8.60. The van der Waals surface area contributed by atoms with Gasteiger partial charge in [0.15, 0.2) is 0 Å². The van der Waals surface area contributed by atoms with Crippen LogP contribution in [0.4, 0.5) is 5.69 Å². The molecule has 0 saturated carbocycles. The molecule has 1 amide bonds. The molecule has 18 heavy (non-hydrogen) atoms. The van der Waals surface area contributed by atoms with Crippen molar-refractivity contribution in [1.82, 2.24) is 4.90 Å². The van der Waals surface area contributed by atoms with E-state index in [0.717, 1.165) is 12.0 Å². The van der Waals surface area contributed by atoms with Crippen LogP contribution in [0.25, 0.3) is 0 Å². The molecular weight excluding hydrogens is 232 g/mol. The molecule has 0 radical (unpaired) electrons. The molecule has 1 aromatic carbocycles. The number of anilines is 1. The van der Waals surface area contributed by atoms with E-state index in [1.54, 1.807) is 11.0 Å². The lowest BCUT2D eigenvalue weighted by Gasteiger charge is -2.28. The molecular formula is C13H18N2O3. The number of aliphatic hydroxyl groups excluding tert-OH is 1. The Morgan fingerprint density at radius 3 is 3.00 bits per heavy atom. The normalized spacial score (nSPS) is 14.7. The zero-order valence-corrected chi connectivity index (χ0v) is 10.3. The van der Waals surface area contributed by atoms with Crippen LogP contribution in [0.3, 0.4) is 0 Å². The average Bonchev–Trinajstić information content (AvgIpc) is 2.38. The van der Waals surface area contributed by atoms with Crippen LogP contribution in [-0.2, 0) is 11.2 Å². The monoisotopic (exact) mass is 250 g/mol. The maximum atomic E-state index is 12.2. The molecule has 0 saturated heterocycles. The lowest BCUT2D eigenvalue weighted by atomic mass is 9.98. The van der Waals surface area contributed by atoms with Crippen molar-refractivity contribution < 1.29 is 14.6 Å². The molecule has 1 heterocycles. The Labute approximate surface area is 106 Å². The Hall–Kier alpha value is -1.59. The molecule has 0 bridgehead atoms. The van der Waals surface area contributed by atoms with Crippen molar-refractivity contribution in [3.05, 3.63) is 29.3 Å². The Bertz CT molecular complexity index is 434. The van der Waals surface area contributed by atoms with E-state index in [2.05, 4.69) is 0 Å². The average molecular weight is 250 g/mol. The minimum atomic E-state index is 0.00726. The van der Waals surface area contributed by atoms with Gasteiger partial charge < -0.3 is 20.5 Å². The highest BCUT2D eigenvalue weighted by atomic mass is 16.5. The molecule has 98 valence electrons. The molecule has 0 atom stereocenters. The van der Waals surface area contributed by atoms with Crippen molar-refractivity contribution in [1.29, 1.82) is 0 Å². The first-order valence-electron chi connectivity index (χ1n) is 6.08. The fraction of sp³-hybridized carbons (Fsp3) is 0.462. The Morgan fingerprint density at radius 2 is 2.22 bits per heavy atom. The fourth-order valence-electron chi connectivity index (χ4n) is 2.09. The Kier molecular flexibility index (Phi) is 4.17. The van der Waals surface area contributed by atoms with E-state index in [-0.39, 0.29) is 12.5 Å². The van der Waals surface area contributed by atoms with E-state index in [1.165, 1.54) is 0 Å². The molecule has 5 heteroatoms. The number of hydrogen-bond acceptors (Lipinski definition) is 4. The van der Waals surface area contributed by atoms with E-state index in [0.29, 0.717) is 37.6 Å². The molecule has 1 aliphatic heterocycles. The van der Waals surface area contributed by atoms with E-state index in [1.807, 2.05) is 12.1 Å². The summed E-state index contributed by atoms with van der Waals surface area (Å²) in [6.07, 6.45) is 0.849. The molecule has 1 aromatic rings. The molecule has 0 unspecified atom stereocenters. The number of nitrogen functional groups attached to an aromatic ring is 1. The smallest absolute Gasteiger partial charge is 0.254 e. The molecule has 2 rings (SSSR count). The molecule has 5 nitrogen and oxygen atoms in total. The van der Waals surface area contributed by atoms with Gasteiger partial charge in [0, 0.05) is 24.3 Å². The van der Waals surface area contributed by atoms with Gasteiger partial charge in [-0.3, -0.25) is 4.79 Å². The van der Waals surface area contributed by atoms with Gasteiger partial charge in [-0.1, -0.05) is 6.07 Å². The summed E-state index contributed by atoms with van der Waals surface area (Å²) < 4.78 is 5.18. The summed E-state index contributed by atoms with van der Waals surface area (Å²) in [4.78, 5) is 14.0. The molecule has 0 spiro atoms. The number of carbonyl (C=O) groups excluding carboxylic acids is 1. The van der Waals surface area contributed by atoms with Crippen molar-refractivity contribution in [3.8, 4) is 0 Å². The van der Waals surface area contributed by atoms with Gasteiger partial charge in [0.05, 0.1) is 19.8 Å². The number of hydrogen-bond donors (Lipinski definition) is 2. The summed E-state index contributed by atoms with van der Waals surface area (Å²) in [5.41, 5.74) is 8.07. The number of benzene rings is 1. The van der Waals surface area contributed by atoms with Crippen LogP contribution in [0, 0.1) is 0 Å². The molecule has 0 fully saturated rings. The zero-order chi connectivity index (χ0) is 13.0. The number of aliphatic hydroxyl groups is 1. The van der Waals surface area contributed by atoms with Gasteiger partial charge in [-0.15, -0.1) is 0 Å². The lowest BCUT2D eigenvalue weighted by molar-refractivity contribution is 0.0554. The van der Waals surface area contributed by atoms with Gasteiger partial charge in [0.2, 0.25) is 0 Å². The summed E-state index contributed by atoms with van der Waals surface area (Å²) in [5.74, 6) is 0.0103. The van der Waals surface area contributed by atoms with Crippen molar-refractivity contribution >= 4 is 11.6 Å². The highest BCUT2D eigenvalue weighted by molar-refractivity contribution is 5.97. The summed E-state index contributed by atoms with van der Waals surface area (Å²) in [6.45, 7) is 2.02. The van der Waals surface area contributed by atoms with Crippen molar-refractivity contribution in [3.63, 3.8) is 0 Å². The van der Waals surface area contributed by atoms with E-state index in [9.17, 15) is 4.79 Å². The van der Waals surface area contributed by atoms with Crippen molar-refractivity contribution in [2.75, 3.05) is 38.6 Å². The zero-order valence-electron chi connectivity index (χ0n) is 10.3. The number of fused-ring (bicyclic) bond motifs is 1. The van der Waals surface area contributed by atoms with Crippen molar-refractivity contribution in [2.24, 2.45) is 0 Å². The lowest BCUT2D eigenvalue weighted by Crippen LogP contribution is -2.39. The maximum Gasteiger partial charge on any atom is 0.254 e. The Balaban J connectivity index is 1.99. The van der Waals surface area contributed by atoms with Crippen LogP contribution >= 0.6 is 0 Å². The van der Waals surface area contributed by atoms with Gasteiger partial charge >= 0.3 is 0 Å². The first kappa shape index (κ1) is 12.9. The highest BCUT2D eigenvalue weighted by Crippen LogP contribution is 2.21. The third-order valence-electron chi connectivity index (χ3n) is 3.04. The van der Waals surface area contributed by atoms with Gasteiger partial charge in [0.25, 0.3) is 5.91 Å². The Morgan fingerprint density at radius 1 is 1.39 bits per heavy atom. The second-order valence-electron chi connectivity index (χ2n) is 4.29. The van der Waals surface area contributed by atoms with Gasteiger partial charge in [0.1, 0.15) is 0 Å². The van der Waals surface area contributed by atoms with Crippen LogP contribution < -0.4 is 5.73 Å². The predicted octanol–water partition coefficient (Wildman–Crippen LogP) is 0.276. The minimum absolute atomic E-state index is 0.00726. The van der Waals surface area contributed by atoms with Gasteiger partial charge in [-0.2, -0.15) is 0 Å². The van der Waals surface area contributed by atoms with Crippen LogP contribution in [0.1, 0.15) is 15.9 Å². The quantitative estimate of drug-likeness (QED) is 0.581. The third kappa shape index (κ3) is 2.80. The number of ether oxygens (including phenoxy) is 1. The number of nitrogens with zero attached hydrogens (tertiary/aromatic N) is 1. The topological polar surface area (TPSA) is 75.8 Å². The van der Waals surface area contributed by atoms with E-state index >= 15 is 0 Å². The summed E-state index contributed by atoms with van der Waals surface area (Å²) >= 11 is 0. The third-order valence-corrected chi connectivity index (χ3v) is 3.04. The van der Waals surface area contributed by atoms with E-state index < -0.39 is 0 Å². The highest BCUT2D eigenvalue weighted by Gasteiger charge is 2.23. The minimum Gasteiger partial charge on any atom is -0.399 e. The molecule has 3 N–H and O–H groups in total. The standard InChI is InChI=1S/C13H18N2O3/c14-11-2-1-10-3-4-15(5-7-18-8-6-16)13(17)12(10)9-11/h1-2,9,16H,3-8,14H2. The van der Waals surface area contributed by atoms with Crippen LogP contribution in [0.2, 0.25) is 0 Å². The molecule has 1 aliphatic rings. The van der Waals surface area contributed by atoms with Gasteiger partial charge in [-0.25, -0.2) is 0 Å². The molecule has 0 aromatic heterocycles. The van der Waals surface area contributed by atoms with Crippen LogP contribution in [-0.4, -0.2) is 48.8 Å². The van der Waals surface area contributed by atoms with Crippen molar-refractivity contribution in [2.45, 2.75) is 6.42 Å². The number of carbonyl (C=O) groups is 1. The van der Waals surface area contributed by atoms with Gasteiger partial charge in [-0.05, 0) is 24.1 Å². The number of rotatable bonds is 5. The van der Waals surface area contributed by atoms with E-state index in [4.69, 9.17) is 15.6 Å². The van der Waals surface area contributed by atoms with Crippen LogP contribution in [0.5, 0.6) is 0 Å². The maximum absolute atomic E-state index is 12.2. The summed E-state index contributed by atoms with van der Waals surface area (Å²) in [7, 11) is 0. The van der Waals surface area contributed by atoms with Crippen LogP contribution in [0.15, 0.2) is 18.2 Å². The number of nitrogens with two attached hydrogens (primary N) is 1. The second-order valence-corrected chi connectivity index (χ2v) is 4.29. The second kappa shape index (κ2) is 5.84. The first-order valence-corrected chi connectivity index (χ1v) is 6.08. The SMILES string of the molecule is Nc1ccc2c(c1)C(=O)N(CCOCCO)CC2. The largest absolute Gasteiger partial charge is 0.399 e. The molecule has 0 aliphatic carbocycles. The summed E-state index contributed by atoms with van der Waals surface area (Å²) in [6, 6.07) is 5.48. The predicted molar refractivity (Wildman–Crippen MR) is 68.4 cm³/mol. The fourth-order valence-corrected chi connectivity index (χ4v) is 2.09. The number of amides is 1. The first-order chi connectivity index (χ1) is 8.72.